The van der Waals surface area contributed by atoms with Crippen LogP contribution < -0.4 is 16.4 Å². The standard InChI is InChI=1S/C22H25N3O4/c23-22(28)25-19(13-15-7-2-1-3-8-15)21(27)29-14-20(26)24-18-12-6-10-16-9-4-5-11-17(16)18/h1-5,7-9,11,18-19H,6,10,12-14H2,(H,24,26)(H3,23,25,28)/t18-,19-/m0/s1. The fraction of sp³-hybridized carbons (Fsp3) is 0.318. The number of hydrogen-bond acceptors (Lipinski definition) is 4. The number of hydrogen-bond donors (Lipinski definition) is 3. The maximum absolute atomic E-state index is 12.4. The van der Waals surface area contributed by atoms with Crippen LogP contribution in [0, 0.1) is 0 Å². The maximum atomic E-state index is 12.4. The molecule has 0 bridgehead atoms. The molecule has 2 atom stereocenters. The SMILES string of the molecule is NC(=O)N[C@@H](Cc1ccccc1)C(=O)OCC(=O)N[C@H]1CCCc2ccccc21. The van der Waals surface area contributed by atoms with Crippen LogP contribution in [0.1, 0.15) is 35.6 Å². The Kier molecular flexibility index (Phi) is 6.84. The zero-order valence-electron chi connectivity index (χ0n) is 16.1. The summed E-state index contributed by atoms with van der Waals surface area (Å²) in [6.45, 7) is -0.413. The Morgan fingerprint density at radius 2 is 1.79 bits per heavy atom. The fourth-order valence-electron chi connectivity index (χ4n) is 3.59. The first-order chi connectivity index (χ1) is 14.0. The highest BCUT2D eigenvalue weighted by Gasteiger charge is 2.25. The molecule has 0 aliphatic heterocycles. The molecule has 0 saturated heterocycles. The summed E-state index contributed by atoms with van der Waals surface area (Å²) >= 11 is 0. The van der Waals surface area contributed by atoms with Crippen molar-refractivity contribution in [3.05, 3.63) is 71.3 Å². The van der Waals surface area contributed by atoms with Crippen LogP contribution in [0.2, 0.25) is 0 Å². The maximum Gasteiger partial charge on any atom is 0.329 e. The normalized spacial score (nSPS) is 16.2. The molecule has 0 radical (unpaired) electrons. The molecule has 4 N–H and O–H groups in total. The van der Waals surface area contributed by atoms with E-state index < -0.39 is 24.6 Å². The third kappa shape index (κ3) is 5.81. The van der Waals surface area contributed by atoms with Gasteiger partial charge in [-0.1, -0.05) is 54.6 Å². The Morgan fingerprint density at radius 3 is 2.55 bits per heavy atom. The third-order valence-electron chi connectivity index (χ3n) is 4.93. The molecule has 0 heterocycles. The smallest absolute Gasteiger partial charge is 0.329 e. The number of carbonyl (C=O) groups excluding carboxylic acids is 3. The van der Waals surface area contributed by atoms with E-state index in [1.54, 1.807) is 0 Å². The molecule has 3 rings (SSSR count). The van der Waals surface area contributed by atoms with Gasteiger partial charge in [-0.15, -0.1) is 0 Å². The highest BCUT2D eigenvalue weighted by molar-refractivity contribution is 5.85. The minimum atomic E-state index is -0.960. The van der Waals surface area contributed by atoms with Gasteiger partial charge in [0.2, 0.25) is 0 Å². The molecular weight excluding hydrogens is 370 g/mol. The van der Waals surface area contributed by atoms with Crippen LogP contribution in [0.3, 0.4) is 0 Å². The summed E-state index contributed by atoms with van der Waals surface area (Å²) < 4.78 is 5.15. The predicted molar refractivity (Wildman–Crippen MR) is 108 cm³/mol. The van der Waals surface area contributed by atoms with Crippen molar-refractivity contribution in [2.24, 2.45) is 5.73 Å². The monoisotopic (exact) mass is 395 g/mol. The van der Waals surface area contributed by atoms with Crippen molar-refractivity contribution < 1.29 is 19.1 Å². The molecule has 7 heteroatoms. The number of primary amides is 1. The second-order valence-corrected chi connectivity index (χ2v) is 7.07. The molecule has 2 aromatic rings. The summed E-state index contributed by atoms with van der Waals surface area (Å²) in [5, 5.41) is 5.31. The van der Waals surface area contributed by atoms with Gasteiger partial charge in [-0.3, -0.25) is 4.79 Å². The van der Waals surface area contributed by atoms with Gasteiger partial charge in [0.25, 0.3) is 5.91 Å². The lowest BCUT2D eigenvalue weighted by Crippen LogP contribution is -2.46. The van der Waals surface area contributed by atoms with Gasteiger partial charge < -0.3 is 21.1 Å². The molecule has 0 spiro atoms. The van der Waals surface area contributed by atoms with E-state index in [4.69, 9.17) is 10.5 Å². The van der Waals surface area contributed by atoms with Crippen LogP contribution in [-0.4, -0.2) is 30.6 Å². The molecular formula is C22H25N3O4. The van der Waals surface area contributed by atoms with Gasteiger partial charge in [-0.05, 0) is 36.0 Å². The Morgan fingerprint density at radius 1 is 1.07 bits per heavy atom. The average Bonchev–Trinajstić information content (AvgIpc) is 2.72. The Balaban J connectivity index is 1.55. The Labute approximate surface area is 169 Å². The van der Waals surface area contributed by atoms with E-state index in [9.17, 15) is 14.4 Å². The zero-order chi connectivity index (χ0) is 20.6. The molecule has 0 unspecified atom stereocenters. The van der Waals surface area contributed by atoms with Gasteiger partial charge in [-0.25, -0.2) is 9.59 Å². The van der Waals surface area contributed by atoms with Crippen molar-refractivity contribution >= 4 is 17.9 Å². The topological polar surface area (TPSA) is 111 Å². The highest BCUT2D eigenvalue weighted by atomic mass is 16.5. The largest absolute Gasteiger partial charge is 0.454 e. The number of esters is 1. The number of ether oxygens (including phenoxy) is 1. The molecule has 0 fully saturated rings. The quantitative estimate of drug-likeness (QED) is 0.623. The number of benzene rings is 2. The predicted octanol–water partition coefficient (Wildman–Crippen LogP) is 2.00. The van der Waals surface area contributed by atoms with Gasteiger partial charge in [0, 0.05) is 6.42 Å². The summed E-state index contributed by atoms with van der Waals surface area (Å²) in [6.07, 6.45) is 3.05. The molecule has 1 aliphatic rings. The van der Waals surface area contributed by atoms with Crippen molar-refractivity contribution in [1.82, 2.24) is 10.6 Å². The van der Waals surface area contributed by atoms with Crippen molar-refractivity contribution in [1.29, 1.82) is 0 Å². The summed E-state index contributed by atoms with van der Waals surface area (Å²) in [5.41, 5.74) is 8.35. The van der Waals surface area contributed by atoms with Crippen molar-refractivity contribution in [2.45, 2.75) is 37.8 Å². The van der Waals surface area contributed by atoms with E-state index in [-0.39, 0.29) is 18.4 Å². The number of aryl methyl sites for hydroxylation is 1. The Bertz CT molecular complexity index is 869. The van der Waals surface area contributed by atoms with Crippen LogP contribution in [0.15, 0.2) is 54.6 Å². The number of amides is 3. The second-order valence-electron chi connectivity index (χ2n) is 7.07. The molecule has 152 valence electrons. The Hall–Kier alpha value is -3.35. The number of urea groups is 1. The number of nitrogens with two attached hydrogens (primary N) is 1. The fourth-order valence-corrected chi connectivity index (χ4v) is 3.59. The van der Waals surface area contributed by atoms with E-state index in [1.165, 1.54) is 5.56 Å². The van der Waals surface area contributed by atoms with Gasteiger partial charge in [0.1, 0.15) is 6.04 Å². The lowest BCUT2D eigenvalue weighted by atomic mass is 9.88. The molecule has 29 heavy (non-hydrogen) atoms. The number of nitrogens with one attached hydrogen (secondary N) is 2. The van der Waals surface area contributed by atoms with E-state index >= 15 is 0 Å². The van der Waals surface area contributed by atoms with Crippen LogP contribution >= 0.6 is 0 Å². The lowest BCUT2D eigenvalue weighted by molar-refractivity contribution is -0.150. The summed E-state index contributed by atoms with van der Waals surface area (Å²) in [6, 6.07) is 15.3. The van der Waals surface area contributed by atoms with Gasteiger partial charge in [0.05, 0.1) is 6.04 Å². The van der Waals surface area contributed by atoms with E-state index in [0.717, 1.165) is 30.4 Å². The molecule has 2 aromatic carbocycles. The first-order valence-corrected chi connectivity index (χ1v) is 9.66. The molecule has 0 aromatic heterocycles. The van der Waals surface area contributed by atoms with Gasteiger partial charge >= 0.3 is 12.0 Å². The molecule has 7 nitrogen and oxygen atoms in total. The van der Waals surface area contributed by atoms with Crippen LogP contribution in [-0.2, 0) is 27.2 Å². The molecule has 1 aliphatic carbocycles. The molecule has 3 amide bonds. The highest BCUT2D eigenvalue weighted by Crippen LogP contribution is 2.29. The van der Waals surface area contributed by atoms with E-state index in [2.05, 4.69) is 16.7 Å². The van der Waals surface area contributed by atoms with Gasteiger partial charge in [-0.2, -0.15) is 0 Å². The van der Waals surface area contributed by atoms with Crippen molar-refractivity contribution in [2.75, 3.05) is 6.61 Å². The lowest BCUT2D eigenvalue weighted by Gasteiger charge is -2.26. The van der Waals surface area contributed by atoms with Gasteiger partial charge in [0.15, 0.2) is 6.61 Å². The summed E-state index contributed by atoms with van der Waals surface area (Å²) in [5.74, 6) is -1.08. The third-order valence-corrected chi connectivity index (χ3v) is 4.93. The zero-order valence-corrected chi connectivity index (χ0v) is 16.1. The van der Waals surface area contributed by atoms with E-state index in [0.29, 0.717) is 0 Å². The average molecular weight is 395 g/mol. The van der Waals surface area contributed by atoms with Crippen molar-refractivity contribution in [3.63, 3.8) is 0 Å². The first-order valence-electron chi connectivity index (χ1n) is 9.66. The summed E-state index contributed by atoms with van der Waals surface area (Å²) in [4.78, 5) is 36.0. The first kappa shape index (κ1) is 20.4. The minimum Gasteiger partial charge on any atom is -0.454 e. The second kappa shape index (κ2) is 9.73. The van der Waals surface area contributed by atoms with Crippen LogP contribution in [0.4, 0.5) is 4.79 Å². The number of rotatable bonds is 7. The minimum absolute atomic E-state index is 0.0880. The van der Waals surface area contributed by atoms with Crippen LogP contribution in [0.25, 0.3) is 0 Å². The molecule has 0 saturated carbocycles. The summed E-state index contributed by atoms with van der Waals surface area (Å²) in [7, 11) is 0. The number of carbonyl (C=O) groups is 3. The van der Waals surface area contributed by atoms with Crippen molar-refractivity contribution in [3.8, 4) is 0 Å². The number of fused-ring (bicyclic) bond motifs is 1. The van der Waals surface area contributed by atoms with E-state index in [1.807, 2.05) is 48.5 Å². The van der Waals surface area contributed by atoms with Crippen LogP contribution in [0.5, 0.6) is 0 Å².